The van der Waals surface area contributed by atoms with Crippen molar-refractivity contribution < 1.29 is 0 Å². The number of nitrogens with two attached hydrogens (primary N) is 1. The van der Waals surface area contributed by atoms with Crippen molar-refractivity contribution in [2.45, 2.75) is 13.8 Å². The van der Waals surface area contributed by atoms with Crippen molar-refractivity contribution in [1.29, 1.82) is 0 Å². The van der Waals surface area contributed by atoms with E-state index in [1.807, 2.05) is 12.1 Å². The van der Waals surface area contributed by atoms with Crippen LogP contribution in [0.15, 0.2) is 35.5 Å². The zero-order valence-corrected chi connectivity index (χ0v) is 7.99. The highest BCUT2D eigenvalue weighted by Gasteiger charge is 1.96. The number of hydrogen-bond acceptors (Lipinski definition) is 2. The number of rotatable bonds is 2. The fraction of sp³-hybridized carbons (Fsp3) is 0.182. The van der Waals surface area contributed by atoms with E-state index in [1.165, 1.54) is 17.3 Å². The Hall–Kier alpha value is -1.57. The van der Waals surface area contributed by atoms with Gasteiger partial charge in [-0.2, -0.15) is 0 Å². The summed E-state index contributed by atoms with van der Waals surface area (Å²) in [6.07, 6.45) is 4.87. The zero-order chi connectivity index (χ0) is 9.68. The van der Waals surface area contributed by atoms with Crippen molar-refractivity contribution in [3.63, 3.8) is 0 Å². The van der Waals surface area contributed by atoms with Crippen LogP contribution in [0.2, 0.25) is 0 Å². The van der Waals surface area contributed by atoms with E-state index < -0.39 is 0 Å². The Morgan fingerprint density at radius 1 is 1.31 bits per heavy atom. The molecule has 1 aromatic carbocycles. The number of allylic oxidation sites excluding steroid dienone is 1. The van der Waals surface area contributed by atoms with E-state index in [0.717, 1.165) is 5.69 Å². The van der Waals surface area contributed by atoms with E-state index in [9.17, 15) is 0 Å². The number of aryl methyl sites for hydroxylation is 1. The Kier molecular flexibility index (Phi) is 3.26. The van der Waals surface area contributed by atoms with Gasteiger partial charge in [-0.3, -0.25) is 4.99 Å². The molecule has 0 radical (unpaired) electrons. The lowest BCUT2D eigenvalue weighted by Crippen LogP contribution is -1.81. The minimum atomic E-state index is 0.998. The Labute approximate surface area is 78.8 Å². The summed E-state index contributed by atoms with van der Waals surface area (Å²) in [5.41, 5.74) is 8.66. The summed E-state index contributed by atoms with van der Waals surface area (Å²) >= 11 is 0. The van der Waals surface area contributed by atoms with Gasteiger partial charge in [0.25, 0.3) is 0 Å². The minimum Gasteiger partial charge on any atom is -0.405 e. The highest BCUT2D eigenvalue weighted by atomic mass is 14.7. The summed E-state index contributed by atoms with van der Waals surface area (Å²) in [6, 6.07) is 6.07. The van der Waals surface area contributed by atoms with Crippen molar-refractivity contribution in [3.8, 4) is 0 Å². The quantitative estimate of drug-likeness (QED) is 0.687. The van der Waals surface area contributed by atoms with Crippen molar-refractivity contribution in [1.82, 2.24) is 0 Å². The van der Waals surface area contributed by atoms with Crippen LogP contribution < -0.4 is 5.73 Å². The van der Waals surface area contributed by atoms with Gasteiger partial charge in [-0.1, -0.05) is 12.1 Å². The van der Waals surface area contributed by atoms with Crippen LogP contribution in [-0.2, 0) is 0 Å². The molecular formula is C11H14N2. The monoisotopic (exact) mass is 174 g/mol. The van der Waals surface area contributed by atoms with Gasteiger partial charge in [-0.25, -0.2) is 0 Å². The van der Waals surface area contributed by atoms with Gasteiger partial charge >= 0.3 is 0 Å². The maximum atomic E-state index is 5.19. The van der Waals surface area contributed by atoms with Gasteiger partial charge in [0.2, 0.25) is 0 Å². The van der Waals surface area contributed by atoms with Crippen molar-refractivity contribution >= 4 is 11.9 Å². The second-order valence-corrected chi connectivity index (χ2v) is 2.88. The first-order valence-electron chi connectivity index (χ1n) is 4.23. The molecule has 0 atom stereocenters. The first kappa shape index (κ1) is 9.52. The fourth-order valence-corrected chi connectivity index (χ4v) is 1.05. The lowest BCUT2D eigenvalue weighted by Gasteiger charge is -2.01. The lowest BCUT2D eigenvalue weighted by molar-refractivity contribution is 1.31. The summed E-state index contributed by atoms with van der Waals surface area (Å²) in [5.74, 6) is 0. The highest BCUT2D eigenvalue weighted by Crippen LogP contribution is 2.20. The molecule has 2 nitrogen and oxygen atoms in total. The number of nitrogens with zero attached hydrogens (tertiary/aromatic N) is 1. The van der Waals surface area contributed by atoms with Crippen molar-refractivity contribution in [3.05, 3.63) is 41.6 Å². The van der Waals surface area contributed by atoms with E-state index in [1.54, 1.807) is 12.3 Å². The number of benzene rings is 1. The van der Waals surface area contributed by atoms with Crippen LogP contribution in [0.1, 0.15) is 11.1 Å². The molecule has 0 fully saturated rings. The van der Waals surface area contributed by atoms with Crippen LogP contribution in [-0.4, -0.2) is 6.21 Å². The highest BCUT2D eigenvalue weighted by molar-refractivity contribution is 5.75. The van der Waals surface area contributed by atoms with Gasteiger partial charge in [0.15, 0.2) is 0 Å². The van der Waals surface area contributed by atoms with Crippen LogP contribution >= 0.6 is 0 Å². The summed E-state index contributed by atoms with van der Waals surface area (Å²) in [5, 5.41) is 0. The molecule has 0 bridgehead atoms. The summed E-state index contributed by atoms with van der Waals surface area (Å²) in [4.78, 5) is 4.26. The second kappa shape index (κ2) is 4.45. The molecule has 0 spiro atoms. The van der Waals surface area contributed by atoms with Crippen LogP contribution in [0.5, 0.6) is 0 Å². The van der Waals surface area contributed by atoms with Crippen LogP contribution in [0.25, 0.3) is 0 Å². The average molecular weight is 174 g/mol. The van der Waals surface area contributed by atoms with Crippen LogP contribution in [0, 0.1) is 13.8 Å². The molecule has 1 aromatic rings. The van der Waals surface area contributed by atoms with Gasteiger partial charge in [0, 0.05) is 6.21 Å². The topological polar surface area (TPSA) is 38.4 Å². The van der Waals surface area contributed by atoms with Gasteiger partial charge in [0.1, 0.15) is 0 Å². The maximum Gasteiger partial charge on any atom is 0.0661 e. The number of hydrogen-bond donors (Lipinski definition) is 1. The fourth-order valence-electron chi connectivity index (χ4n) is 1.05. The van der Waals surface area contributed by atoms with E-state index in [-0.39, 0.29) is 0 Å². The molecule has 0 saturated heterocycles. The predicted octanol–water partition coefficient (Wildman–Crippen LogP) is 2.48. The number of aliphatic imine (C=N–C) groups is 1. The third-order valence-corrected chi connectivity index (χ3v) is 1.99. The Bertz CT molecular complexity index is 338. The normalized spacial score (nSPS) is 11.5. The van der Waals surface area contributed by atoms with Gasteiger partial charge in [-0.15, -0.1) is 0 Å². The first-order chi connectivity index (χ1) is 6.25. The molecule has 0 aliphatic carbocycles. The molecule has 0 aliphatic rings. The SMILES string of the molecule is Cc1cccc(N=C/C=C\N)c1C. The molecule has 0 aromatic heterocycles. The van der Waals surface area contributed by atoms with Crippen molar-refractivity contribution in [2.24, 2.45) is 10.7 Å². The third-order valence-electron chi connectivity index (χ3n) is 1.99. The lowest BCUT2D eigenvalue weighted by atomic mass is 10.1. The van der Waals surface area contributed by atoms with Gasteiger partial charge in [0.05, 0.1) is 5.69 Å². The molecule has 13 heavy (non-hydrogen) atoms. The van der Waals surface area contributed by atoms with Crippen molar-refractivity contribution in [2.75, 3.05) is 0 Å². The molecule has 1 rings (SSSR count). The Morgan fingerprint density at radius 2 is 2.08 bits per heavy atom. The van der Waals surface area contributed by atoms with E-state index in [4.69, 9.17) is 5.73 Å². The molecule has 68 valence electrons. The first-order valence-corrected chi connectivity index (χ1v) is 4.23. The molecule has 0 heterocycles. The smallest absolute Gasteiger partial charge is 0.0661 e. The molecular weight excluding hydrogens is 160 g/mol. The average Bonchev–Trinajstić information content (AvgIpc) is 2.13. The molecule has 0 amide bonds. The summed E-state index contributed by atoms with van der Waals surface area (Å²) in [6.45, 7) is 4.14. The maximum absolute atomic E-state index is 5.19. The Balaban J connectivity index is 2.95. The predicted molar refractivity (Wildman–Crippen MR) is 57.4 cm³/mol. The molecule has 2 heteroatoms. The van der Waals surface area contributed by atoms with E-state index in [0.29, 0.717) is 0 Å². The van der Waals surface area contributed by atoms with Gasteiger partial charge in [-0.05, 0) is 43.3 Å². The third kappa shape index (κ3) is 2.44. The largest absolute Gasteiger partial charge is 0.405 e. The zero-order valence-electron chi connectivity index (χ0n) is 7.99. The molecule has 2 N–H and O–H groups in total. The van der Waals surface area contributed by atoms with E-state index in [2.05, 4.69) is 24.9 Å². The molecule has 0 unspecified atom stereocenters. The Morgan fingerprint density at radius 3 is 2.77 bits per heavy atom. The summed E-state index contributed by atoms with van der Waals surface area (Å²) in [7, 11) is 0. The minimum absolute atomic E-state index is 0.998. The molecule has 0 aliphatic heterocycles. The van der Waals surface area contributed by atoms with Crippen LogP contribution in [0.3, 0.4) is 0 Å². The second-order valence-electron chi connectivity index (χ2n) is 2.88. The van der Waals surface area contributed by atoms with Crippen LogP contribution in [0.4, 0.5) is 5.69 Å². The molecule has 0 saturated carbocycles. The van der Waals surface area contributed by atoms with E-state index >= 15 is 0 Å². The van der Waals surface area contributed by atoms with Gasteiger partial charge < -0.3 is 5.73 Å². The standard InChI is InChI=1S/C11H14N2/c1-9-5-3-6-11(10(9)2)13-8-4-7-12/h3-8H,12H2,1-2H3/b7-4-,13-8?. The summed E-state index contributed by atoms with van der Waals surface area (Å²) < 4.78 is 0.